The molecule has 0 aliphatic rings. The lowest BCUT2D eigenvalue weighted by molar-refractivity contribution is 0.830. The van der Waals surface area contributed by atoms with Crippen LogP contribution in [0.1, 0.15) is 42.4 Å². The van der Waals surface area contributed by atoms with Crippen LogP contribution in [0.4, 0.5) is 5.82 Å². The van der Waals surface area contributed by atoms with Crippen molar-refractivity contribution < 1.29 is 0 Å². The molecule has 3 heterocycles. The monoisotopic (exact) mass is 379 g/mol. The van der Waals surface area contributed by atoms with Crippen molar-refractivity contribution in [2.24, 2.45) is 4.99 Å². The highest BCUT2D eigenvalue weighted by Gasteiger charge is 2.14. The first kappa shape index (κ1) is 18.8. The highest BCUT2D eigenvalue weighted by atomic mass is 32.1. The van der Waals surface area contributed by atoms with E-state index in [9.17, 15) is 0 Å². The minimum Gasteiger partial charge on any atom is -0.360 e. The second-order valence-electron chi connectivity index (χ2n) is 6.30. The summed E-state index contributed by atoms with van der Waals surface area (Å²) >= 11 is 1.56. The summed E-state index contributed by atoms with van der Waals surface area (Å²) in [7, 11) is 0. The SMILES string of the molecule is C=N/C(=C\C=C(C)C)c1cnc2ncnc(NC(C)c3nnc(C)s3)c2c1. The van der Waals surface area contributed by atoms with Crippen molar-refractivity contribution in [1.29, 1.82) is 0 Å². The standard InChI is InChI=1S/C19H21N7S/c1-11(2)6-7-16(20-5)14-8-15-17(21-9-14)22-10-23-18(15)24-12(3)19-26-25-13(4)27-19/h6-10,12H,5H2,1-4H3,(H,21,22,23,24)/b16-7-. The van der Waals surface area contributed by atoms with Crippen LogP contribution in [0.25, 0.3) is 16.7 Å². The van der Waals surface area contributed by atoms with Crippen LogP contribution in [0.15, 0.2) is 41.3 Å². The van der Waals surface area contributed by atoms with E-state index in [0.717, 1.165) is 26.7 Å². The van der Waals surface area contributed by atoms with Crippen LogP contribution in [0, 0.1) is 6.92 Å². The Morgan fingerprint density at radius 2 is 2.04 bits per heavy atom. The van der Waals surface area contributed by atoms with Crippen molar-refractivity contribution in [2.45, 2.75) is 33.7 Å². The topological polar surface area (TPSA) is 88.8 Å². The number of aliphatic imine (C=N–C) groups is 1. The second-order valence-corrected chi connectivity index (χ2v) is 7.51. The van der Waals surface area contributed by atoms with Gasteiger partial charge in [-0.15, -0.1) is 10.2 Å². The number of hydrogen-bond donors (Lipinski definition) is 1. The van der Waals surface area contributed by atoms with Gasteiger partial charge < -0.3 is 5.32 Å². The number of nitrogens with zero attached hydrogens (tertiary/aromatic N) is 6. The molecule has 0 amide bonds. The number of allylic oxidation sites excluding steroid dienone is 3. The lowest BCUT2D eigenvalue weighted by Crippen LogP contribution is -2.09. The summed E-state index contributed by atoms with van der Waals surface area (Å²) < 4.78 is 0. The molecule has 8 heteroatoms. The van der Waals surface area contributed by atoms with Gasteiger partial charge >= 0.3 is 0 Å². The fourth-order valence-corrected chi connectivity index (χ4v) is 3.14. The normalized spacial score (nSPS) is 12.7. The Labute approximate surface area is 162 Å². The summed E-state index contributed by atoms with van der Waals surface area (Å²) in [6.45, 7) is 11.7. The number of anilines is 1. The van der Waals surface area contributed by atoms with Crippen molar-refractivity contribution in [3.63, 3.8) is 0 Å². The lowest BCUT2D eigenvalue weighted by Gasteiger charge is -2.13. The van der Waals surface area contributed by atoms with Crippen LogP contribution in [-0.4, -0.2) is 31.9 Å². The van der Waals surface area contributed by atoms with Gasteiger partial charge in [0.05, 0.1) is 17.1 Å². The highest BCUT2D eigenvalue weighted by Crippen LogP contribution is 2.27. The number of fused-ring (bicyclic) bond motifs is 1. The third kappa shape index (κ3) is 4.40. The molecule has 0 saturated carbocycles. The largest absolute Gasteiger partial charge is 0.360 e. The molecule has 138 valence electrons. The summed E-state index contributed by atoms with van der Waals surface area (Å²) in [6.07, 6.45) is 7.17. The molecule has 0 spiro atoms. The molecule has 0 aromatic carbocycles. The molecule has 27 heavy (non-hydrogen) atoms. The fraction of sp³-hybridized carbons (Fsp3) is 0.263. The number of aromatic nitrogens is 5. The van der Waals surface area contributed by atoms with Gasteiger partial charge in [0.1, 0.15) is 22.2 Å². The molecule has 0 bridgehead atoms. The Balaban J connectivity index is 2.00. The van der Waals surface area contributed by atoms with Crippen molar-refractivity contribution in [2.75, 3.05) is 5.32 Å². The Hall–Kier alpha value is -3.00. The molecule has 0 aliphatic carbocycles. The Kier molecular flexibility index (Phi) is 5.66. The van der Waals surface area contributed by atoms with Crippen molar-refractivity contribution in [3.05, 3.63) is 51.9 Å². The number of hydrogen-bond acceptors (Lipinski definition) is 8. The summed E-state index contributed by atoms with van der Waals surface area (Å²) in [5.41, 5.74) is 3.39. The Bertz CT molecular complexity index is 1030. The number of aryl methyl sites for hydroxylation is 1. The molecule has 7 nitrogen and oxygen atoms in total. The lowest BCUT2D eigenvalue weighted by atomic mass is 10.1. The van der Waals surface area contributed by atoms with E-state index in [2.05, 4.69) is 42.2 Å². The molecule has 3 rings (SSSR count). The van der Waals surface area contributed by atoms with Gasteiger partial charge in [-0.25, -0.2) is 15.0 Å². The van der Waals surface area contributed by atoms with E-state index in [1.165, 1.54) is 11.9 Å². The minimum atomic E-state index is -0.0313. The van der Waals surface area contributed by atoms with Crippen LogP contribution < -0.4 is 5.32 Å². The van der Waals surface area contributed by atoms with Gasteiger partial charge in [-0.3, -0.25) is 4.99 Å². The average molecular weight is 379 g/mol. The zero-order valence-corrected chi connectivity index (χ0v) is 16.6. The maximum atomic E-state index is 4.46. The van der Waals surface area contributed by atoms with Gasteiger partial charge in [-0.05, 0) is 46.6 Å². The molecule has 3 aromatic rings. The molecule has 0 saturated heterocycles. The number of rotatable bonds is 6. The van der Waals surface area contributed by atoms with Crippen LogP contribution in [-0.2, 0) is 0 Å². The first-order chi connectivity index (χ1) is 13.0. The predicted molar refractivity (Wildman–Crippen MR) is 111 cm³/mol. The smallest absolute Gasteiger partial charge is 0.164 e. The molecule has 0 aliphatic heterocycles. The van der Waals surface area contributed by atoms with E-state index in [0.29, 0.717) is 11.5 Å². The molecule has 3 aromatic heterocycles. The van der Waals surface area contributed by atoms with Gasteiger partial charge in [0.2, 0.25) is 0 Å². The summed E-state index contributed by atoms with van der Waals surface area (Å²) in [5.74, 6) is 0.695. The van der Waals surface area contributed by atoms with Crippen LogP contribution in [0.5, 0.6) is 0 Å². The molecular weight excluding hydrogens is 358 g/mol. The predicted octanol–water partition coefficient (Wildman–Crippen LogP) is 4.37. The van der Waals surface area contributed by atoms with Crippen molar-refractivity contribution in [1.82, 2.24) is 25.1 Å². The maximum absolute atomic E-state index is 4.46. The summed E-state index contributed by atoms with van der Waals surface area (Å²) in [4.78, 5) is 17.2. The molecule has 1 N–H and O–H groups in total. The highest BCUT2D eigenvalue weighted by molar-refractivity contribution is 7.11. The van der Waals surface area contributed by atoms with Gasteiger partial charge in [0.25, 0.3) is 0 Å². The molecule has 1 atom stereocenters. The van der Waals surface area contributed by atoms with E-state index in [1.807, 2.05) is 45.9 Å². The van der Waals surface area contributed by atoms with Crippen LogP contribution >= 0.6 is 11.3 Å². The molecular formula is C19H21N7S. The number of pyridine rings is 1. The Morgan fingerprint density at radius 3 is 2.70 bits per heavy atom. The first-order valence-corrected chi connectivity index (χ1v) is 9.29. The quantitative estimate of drug-likeness (QED) is 0.505. The third-order valence-electron chi connectivity index (χ3n) is 3.79. The van der Waals surface area contributed by atoms with E-state index in [4.69, 9.17) is 0 Å². The van der Waals surface area contributed by atoms with E-state index < -0.39 is 0 Å². The van der Waals surface area contributed by atoms with E-state index in [-0.39, 0.29) is 6.04 Å². The van der Waals surface area contributed by atoms with Crippen LogP contribution in [0.3, 0.4) is 0 Å². The van der Waals surface area contributed by atoms with Gasteiger partial charge in [-0.2, -0.15) is 0 Å². The zero-order chi connectivity index (χ0) is 19.4. The number of nitrogens with one attached hydrogen (secondary N) is 1. The molecule has 0 fully saturated rings. The third-order valence-corrected chi connectivity index (χ3v) is 4.82. The van der Waals surface area contributed by atoms with E-state index in [1.54, 1.807) is 17.5 Å². The second kappa shape index (κ2) is 8.13. The maximum Gasteiger partial charge on any atom is 0.164 e. The Morgan fingerprint density at radius 1 is 1.22 bits per heavy atom. The average Bonchev–Trinajstić information content (AvgIpc) is 3.09. The zero-order valence-electron chi connectivity index (χ0n) is 15.8. The summed E-state index contributed by atoms with van der Waals surface area (Å²) in [5, 5.41) is 14.3. The van der Waals surface area contributed by atoms with Crippen molar-refractivity contribution >= 4 is 40.6 Å². The van der Waals surface area contributed by atoms with Crippen molar-refractivity contribution in [3.8, 4) is 0 Å². The minimum absolute atomic E-state index is 0.0313. The fourth-order valence-electron chi connectivity index (χ4n) is 2.44. The van der Waals surface area contributed by atoms with Gasteiger partial charge in [0.15, 0.2) is 5.65 Å². The molecule has 0 radical (unpaired) electrons. The van der Waals surface area contributed by atoms with E-state index >= 15 is 0 Å². The summed E-state index contributed by atoms with van der Waals surface area (Å²) in [6, 6.07) is 1.94. The van der Waals surface area contributed by atoms with Gasteiger partial charge in [0, 0.05) is 11.8 Å². The molecule has 1 unspecified atom stereocenters. The van der Waals surface area contributed by atoms with Crippen LogP contribution in [0.2, 0.25) is 0 Å². The first-order valence-electron chi connectivity index (χ1n) is 8.47. The van der Waals surface area contributed by atoms with Gasteiger partial charge in [-0.1, -0.05) is 23.0 Å².